The number of carbonyl (C=O) groups excluding carboxylic acids is 1. The van der Waals surface area contributed by atoms with Crippen molar-refractivity contribution >= 4 is 5.91 Å². The minimum atomic E-state index is 0.279. The van der Waals surface area contributed by atoms with Crippen molar-refractivity contribution < 1.29 is 4.79 Å². The lowest BCUT2D eigenvalue weighted by Gasteiger charge is -2.29. The summed E-state index contributed by atoms with van der Waals surface area (Å²) >= 11 is 0. The molecule has 18 heavy (non-hydrogen) atoms. The Morgan fingerprint density at radius 2 is 1.89 bits per heavy atom. The zero-order chi connectivity index (χ0) is 13.0. The average molecular weight is 253 g/mol. The summed E-state index contributed by atoms with van der Waals surface area (Å²) in [7, 11) is 0. The minimum Gasteiger partial charge on any atom is -0.341 e. The van der Waals surface area contributed by atoms with Crippen molar-refractivity contribution in [2.24, 2.45) is 5.92 Å². The largest absolute Gasteiger partial charge is 0.341 e. The van der Waals surface area contributed by atoms with Crippen LogP contribution in [0.3, 0.4) is 0 Å². The van der Waals surface area contributed by atoms with Gasteiger partial charge in [0.15, 0.2) is 0 Å². The Labute approximate surface area is 111 Å². The fourth-order valence-electron chi connectivity index (χ4n) is 3.31. The van der Waals surface area contributed by atoms with Crippen molar-refractivity contribution in [3.05, 3.63) is 0 Å². The van der Waals surface area contributed by atoms with E-state index in [1.54, 1.807) is 0 Å². The molecule has 0 aliphatic carbocycles. The molecular formula is C14H27N3O. The summed E-state index contributed by atoms with van der Waals surface area (Å²) in [6, 6.07) is 0.589. The van der Waals surface area contributed by atoms with Gasteiger partial charge in [-0.2, -0.15) is 0 Å². The molecule has 2 aliphatic heterocycles. The highest BCUT2D eigenvalue weighted by molar-refractivity contribution is 5.79. The van der Waals surface area contributed by atoms with E-state index in [9.17, 15) is 4.79 Å². The van der Waals surface area contributed by atoms with Crippen LogP contribution in [0.2, 0.25) is 0 Å². The first kappa shape index (κ1) is 13.8. The monoisotopic (exact) mass is 253 g/mol. The van der Waals surface area contributed by atoms with E-state index in [1.807, 2.05) is 0 Å². The van der Waals surface area contributed by atoms with Crippen LogP contribution in [-0.2, 0) is 4.79 Å². The smallest absolute Gasteiger partial charge is 0.225 e. The van der Waals surface area contributed by atoms with E-state index in [1.165, 1.54) is 0 Å². The van der Waals surface area contributed by atoms with Gasteiger partial charge in [0, 0.05) is 25.0 Å². The Bertz CT molecular complexity index is 272. The maximum atomic E-state index is 12.4. The summed E-state index contributed by atoms with van der Waals surface area (Å²) in [5, 5.41) is 3.33. The second kappa shape index (κ2) is 6.53. The molecule has 2 heterocycles. The summed E-state index contributed by atoms with van der Waals surface area (Å²) in [6.45, 7) is 10.5. The number of hydrogen-bond donors (Lipinski definition) is 1. The molecule has 1 N–H and O–H groups in total. The third-order valence-electron chi connectivity index (χ3n) is 4.49. The summed E-state index contributed by atoms with van der Waals surface area (Å²) in [5.74, 6) is 0.688. The van der Waals surface area contributed by atoms with Crippen LogP contribution in [0, 0.1) is 5.92 Å². The molecule has 0 bridgehead atoms. The van der Waals surface area contributed by atoms with Gasteiger partial charge in [0.05, 0.1) is 0 Å². The molecule has 0 radical (unpaired) electrons. The first-order valence-corrected chi connectivity index (χ1v) is 7.49. The standard InChI is InChI=1S/C14H27N3O/c1-3-16(4-2)13-7-10-17(11-13)14(18)12-5-8-15-9-6-12/h12-13,15H,3-11H2,1-2H3. The zero-order valence-corrected chi connectivity index (χ0v) is 11.8. The Morgan fingerprint density at radius 3 is 2.50 bits per heavy atom. The molecule has 1 atom stereocenters. The van der Waals surface area contributed by atoms with E-state index >= 15 is 0 Å². The van der Waals surface area contributed by atoms with Gasteiger partial charge in [0.2, 0.25) is 5.91 Å². The predicted octanol–water partition coefficient (Wildman–Crippen LogP) is 0.929. The minimum absolute atomic E-state index is 0.279. The number of amides is 1. The van der Waals surface area contributed by atoms with Crippen molar-refractivity contribution in [1.29, 1.82) is 0 Å². The van der Waals surface area contributed by atoms with Gasteiger partial charge >= 0.3 is 0 Å². The number of likely N-dealkylation sites (N-methyl/N-ethyl adjacent to an activating group) is 1. The Kier molecular flexibility index (Phi) is 5.01. The van der Waals surface area contributed by atoms with Crippen LogP contribution in [0.5, 0.6) is 0 Å². The van der Waals surface area contributed by atoms with Gasteiger partial charge < -0.3 is 10.2 Å². The third-order valence-corrected chi connectivity index (χ3v) is 4.49. The number of nitrogens with one attached hydrogen (secondary N) is 1. The molecule has 104 valence electrons. The van der Waals surface area contributed by atoms with Crippen LogP contribution >= 0.6 is 0 Å². The van der Waals surface area contributed by atoms with Crippen LogP contribution < -0.4 is 5.32 Å². The van der Waals surface area contributed by atoms with Gasteiger partial charge in [-0.15, -0.1) is 0 Å². The van der Waals surface area contributed by atoms with Crippen LogP contribution in [0.1, 0.15) is 33.1 Å². The van der Waals surface area contributed by atoms with Crippen molar-refractivity contribution in [2.75, 3.05) is 39.3 Å². The van der Waals surface area contributed by atoms with Gasteiger partial charge in [-0.05, 0) is 45.4 Å². The lowest BCUT2D eigenvalue weighted by Crippen LogP contribution is -2.42. The molecule has 2 rings (SSSR count). The summed E-state index contributed by atoms with van der Waals surface area (Å²) in [5.41, 5.74) is 0. The quantitative estimate of drug-likeness (QED) is 0.809. The first-order chi connectivity index (χ1) is 8.76. The van der Waals surface area contributed by atoms with E-state index in [-0.39, 0.29) is 5.92 Å². The molecule has 0 aromatic rings. The number of nitrogens with zero attached hydrogens (tertiary/aromatic N) is 2. The first-order valence-electron chi connectivity index (χ1n) is 7.49. The maximum absolute atomic E-state index is 12.4. The Balaban J connectivity index is 1.85. The van der Waals surface area contributed by atoms with Gasteiger partial charge in [0.1, 0.15) is 0 Å². The van der Waals surface area contributed by atoms with Crippen molar-refractivity contribution in [3.63, 3.8) is 0 Å². The highest BCUT2D eigenvalue weighted by atomic mass is 16.2. The number of likely N-dealkylation sites (tertiary alicyclic amines) is 1. The fraction of sp³-hybridized carbons (Fsp3) is 0.929. The molecule has 4 heteroatoms. The average Bonchev–Trinajstić information content (AvgIpc) is 2.90. The summed E-state index contributed by atoms with van der Waals surface area (Å²) < 4.78 is 0. The van der Waals surface area contributed by atoms with Crippen LogP contribution in [-0.4, -0.2) is 61.0 Å². The molecule has 1 unspecified atom stereocenters. The normalized spacial score (nSPS) is 25.9. The van der Waals surface area contributed by atoms with E-state index < -0.39 is 0 Å². The molecular weight excluding hydrogens is 226 g/mol. The Morgan fingerprint density at radius 1 is 1.22 bits per heavy atom. The number of piperidine rings is 1. The lowest BCUT2D eigenvalue weighted by molar-refractivity contribution is -0.135. The van der Waals surface area contributed by atoms with Crippen LogP contribution in [0.25, 0.3) is 0 Å². The van der Waals surface area contributed by atoms with Crippen LogP contribution in [0.15, 0.2) is 0 Å². The molecule has 0 aromatic carbocycles. The van der Waals surface area contributed by atoms with Gasteiger partial charge in [-0.1, -0.05) is 13.8 Å². The van der Waals surface area contributed by atoms with Crippen molar-refractivity contribution in [1.82, 2.24) is 15.1 Å². The molecule has 0 aromatic heterocycles. The van der Waals surface area contributed by atoms with Gasteiger partial charge in [0.25, 0.3) is 0 Å². The maximum Gasteiger partial charge on any atom is 0.225 e. The molecule has 2 saturated heterocycles. The number of carbonyl (C=O) groups is 1. The van der Waals surface area contributed by atoms with Crippen molar-refractivity contribution in [2.45, 2.75) is 39.2 Å². The summed E-state index contributed by atoms with van der Waals surface area (Å²) in [6.07, 6.45) is 3.19. The summed E-state index contributed by atoms with van der Waals surface area (Å²) in [4.78, 5) is 17.0. The lowest BCUT2D eigenvalue weighted by atomic mass is 9.97. The number of rotatable bonds is 4. The van der Waals surface area contributed by atoms with Gasteiger partial charge in [-0.3, -0.25) is 9.69 Å². The highest BCUT2D eigenvalue weighted by Crippen LogP contribution is 2.21. The van der Waals surface area contributed by atoms with Gasteiger partial charge in [-0.25, -0.2) is 0 Å². The fourth-order valence-corrected chi connectivity index (χ4v) is 3.31. The van der Waals surface area contributed by atoms with E-state index in [4.69, 9.17) is 0 Å². The van der Waals surface area contributed by atoms with E-state index in [2.05, 4.69) is 29.0 Å². The second-order valence-corrected chi connectivity index (χ2v) is 5.47. The highest BCUT2D eigenvalue weighted by Gasteiger charge is 2.32. The molecule has 2 aliphatic rings. The zero-order valence-electron chi connectivity index (χ0n) is 11.8. The number of hydrogen-bond acceptors (Lipinski definition) is 3. The van der Waals surface area contributed by atoms with Crippen molar-refractivity contribution in [3.8, 4) is 0 Å². The molecule has 1 amide bonds. The molecule has 2 fully saturated rings. The van der Waals surface area contributed by atoms with Crippen LogP contribution in [0.4, 0.5) is 0 Å². The van der Waals surface area contributed by atoms with E-state index in [0.717, 1.165) is 58.5 Å². The predicted molar refractivity (Wildman–Crippen MR) is 73.5 cm³/mol. The molecule has 0 saturated carbocycles. The Hall–Kier alpha value is -0.610. The molecule has 0 spiro atoms. The van der Waals surface area contributed by atoms with E-state index in [0.29, 0.717) is 11.9 Å². The topological polar surface area (TPSA) is 35.6 Å². The third kappa shape index (κ3) is 3.04. The SMILES string of the molecule is CCN(CC)C1CCN(C(=O)C2CCNCC2)C1. The molecule has 4 nitrogen and oxygen atoms in total. The second-order valence-electron chi connectivity index (χ2n) is 5.47.